The smallest absolute Gasteiger partial charge is 0.261 e. The first kappa shape index (κ1) is 13.1. The summed E-state index contributed by atoms with van der Waals surface area (Å²) >= 11 is 0. The van der Waals surface area contributed by atoms with Crippen molar-refractivity contribution in [3.63, 3.8) is 0 Å². The first-order chi connectivity index (χ1) is 8.19. The molecule has 4 nitrogen and oxygen atoms in total. The van der Waals surface area contributed by atoms with Crippen molar-refractivity contribution in [2.75, 3.05) is 6.54 Å². The Morgan fingerprint density at radius 2 is 2.29 bits per heavy atom. The molecule has 1 amide bonds. The summed E-state index contributed by atoms with van der Waals surface area (Å²) in [4.78, 5) is 11.5. The Morgan fingerprint density at radius 3 is 2.94 bits per heavy atom. The van der Waals surface area contributed by atoms with Gasteiger partial charge in [0.05, 0.1) is 13.2 Å². The van der Waals surface area contributed by atoms with Crippen LogP contribution < -0.4 is 10.1 Å². The van der Waals surface area contributed by atoms with Gasteiger partial charge in [-0.05, 0) is 13.0 Å². The topological polar surface area (TPSA) is 58.6 Å². The van der Waals surface area contributed by atoms with Crippen LogP contribution in [0.3, 0.4) is 0 Å². The highest BCUT2D eigenvalue weighted by molar-refractivity contribution is 5.80. The van der Waals surface area contributed by atoms with Crippen molar-refractivity contribution in [2.24, 2.45) is 0 Å². The number of hydrogen-bond donors (Lipinski definition) is 2. The van der Waals surface area contributed by atoms with Gasteiger partial charge in [0.1, 0.15) is 5.75 Å². The Morgan fingerprint density at radius 1 is 1.59 bits per heavy atom. The van der Waals surface area contributed by atoms with Crippen LogP contribution in [0.1, 0.15) is 12.5 Å². The van der Waals surface area contributed by atoms with Crippen molar-refractivity contribution < 1.29 is 14.6 Å². The number of nitrogens with one attached hydrogen (secondary N) is 1. The molecular weight excluding hydrogens is 218 g/mol. The normalized spacial score (nSPS) is 11.4. The van der Waals surface area contributed by atoms with Gasteiger partial charge in [0.2, 0.25) is 0 Å². The maximum Gasteiger partial charge on any atom is 0.261 e. The predicted molar refractivity (Wildman–Crippen MR) is 64.3 cm³/mol. The third-order valence-corrected chi connectivity index (χ3v) is 2.18. The van der Waals surface area contributed by atoms with Crippen LogP contribution in [-0.2, 0) is 11.4 Å². The van der Waals surface area contributed by atoms with E-state index in [1.165, 1.54) is 0 Å². The summed E-state index contributed by atoms with van der Waals surface area (Å²) in [6.07, 6.45) is 4.38. The third-order valence-electron chi connectivity index (χ3n) is 2.18. The van der Waals surface area contributed by atoms with Gasteiger partial charge in [-0.25, -0.2) is 0 Å². The van der Waals surface area contributed by atoms with E-state index in [1.54, 1.807) is 31.2 Å². The van der Waals surface area contributed by atoms with Gasteiger partial charge < -0.3 is 15.2 Å². The van der Waals surface area contributed by atoms with Crippen LogP contribution in [0, 0.1) is 12.3 Å². The van der Waals surface area contributed by atoms with E-state index in [0.29, 0.717) is 11.3 Å². The van der Waals surface area contributed by atoms with Gasteiger partial charge in [-0.15, -0.1) is 6.42 Å². The summed E-state index contributed by atoms with van der Waals surface area (Å²) in [6.45, 7) is 1.67. The van der Waals surface area contributed by atoms with Crippen molar-refractivity contribution in [1.82, 2.24) is 5.32 Å². The van der Waals surface area contributed by atoms with Crippen molar-refractivity contribution in [1.29, 1.82) is 0 Å². The summed E-state index contributed by atoms with van der Waals surface area (Å²) < 4.78 is 5.45. The zero-order chi connectivity index (χ0) is 12.7. The molecule has 1 rings (SSSR count). The highest BCUT2D eigenvalue weighted by Gasteiger charge is 2.14. The highest BCUT2D eigenvalue weighted by atomic mass is 16.5. The molecule has 1 aromatic rings. The Labute approximate surface area is 101 Å². The molecule has 0 aliphatic rings. The summed E-state index contributed by atoms with van der Waals surface area (Å²) in [7, 11) is 0. The van der Waals surface area contributed by atoms with Crippen LogP contribution in [0.25, 0.3) is 0 Å². The van der Waals surface area contributed by atoms with Crippen LogP contribution >= 0.6 is 0 Å². The van der Waals surface area contributed by atoms with E-state index in [2.05, 4.69) is 11.2 Å². The van der Waals surface area contributed by atoms with Gasteiger partial charge in [0.15, 0.2) is 6.10 Å². The fraction of sp³-hybridized carbons (Fsp3) is 0.308. The molecule has 0 spiro atoms. The lowest BCUT2D eigenvalue weighted by Gasteiger charge is -2.15. The van der Waals surface area contributed by atoms with Crippen LogP contribution in [0.15, 0.2) is 24.3 Å². The first-order valence-electron chi connectivity index (χ1n) is 5.25. The molecule has 0 aliphatic carbocycles. The molecule has 0 heterocycles. The molecule has 0 saturated heterocycles. The third kappa shape index (κ3) is 3.82. The number of benzene rings is 1. The molecule has 90 valence electrons. The highest BCUT2D eigenvalue weighted by Crippen LogP contribution is 2.19. The fourth-order valence-corrected chi connectivity index (χ4v) is 1.28. The van der Waals surface area contributed by atoms with E-state index in [0.717, 1.165) is 0 Å². The number of terminal acetylenes is 1. The molecule has 0 aliphatic heterocycles. The van der Waals surface area contributed by atoms with Gasteiger partial charge in [-0.1, -0.05) is 24.1 Å². The van der Waals surface area contributed by atoms with Crippen LogP contribution in [0.5, 0.6) is 5.75 Å². The van der Waals surface area contributed by atoms with Crippen LogP contribution in [0.2, 0.25) is 0 Å². The fourth-order valence-electron chi connectivity index (χ4n) is 1.28. The van der Waals surface area contributed by atoms with Gasteiger partial charge in [0.25, 0.3) is 5.91 Å². The minimum absolute atomic E-state index is 0.130. The van der Waals surface area contributed by atoms with Crippen molar-refractivity contribution >= 4 is 5.91 Å². The maximum atomic E-state index is 11.5. The van der Waals surface area contributed by atoms with E-state index in [1.807, 2.05) is 0 Å². The second-order valence-corrected chi connectivity index (χ2v) is 3.45. The predicted octanol–water partition coefficient (Wildman–Crippen LogP) is 0.696. The molecule has 0 saturated carbocycles. The zero-order valence-corrected chi connectivity index (χ0v) is 9.64. The Kier molecular flexibility index (Phi) is 5.05. The number of aliphatic hydroxyl groups excluding tert-OH is 1. The van der Waals surface area contributed by atoms with Crippen molar-refractivity contribution in [3.8, 4) is 18.1 Å². The summed E-state index contributed by atoms with van der Waals surface area (Å²) in [6, 6.07) is 7.01. The van der Waals surface area contributed by atoms with E-state index < -0.39 is 6.10 Å². The van der Waals surface area contributed by atoms with Crippen molar-refractivity contribution in [3.05, 3.63) is 29.8 Å². The molecule has 0 radical (unpaired) electrons. The maximum absolute atomic E-state index is 11.5. The first-order valence-corrected chi connectivity index (χ1v) is 5.25. The Balaban J connectivity index is 2.64. The lowest BCUT2D eigenvalue weighted by Crippen LogP contribution is -2.36. The van der Waals surface area contributed by atoms with E-state index in [-0.39, 0.29) is 19.1 Å². The second-order valence-electron chi connectivity index (χ2n) is 3.45. The average Bonchev–Trinajstić information content (AvgIpc) is 2.36. The number of aliphatic hydroxyl groups is 1. The Bertz CT molecular complexity index is 423. The van der Waals surface area contributed by atoms with E-state index in [4.69, 9.17) is 16.3 Å². The van der Waals surface area contributed by atoms with Crippen molar-refractivity contribution in [2.45, 2.75) is 19.6 Å². The zero-order valence-electron chi connectivity index (χ0n) is 9.64. The second kappa shape index (κ2) is 6.56. The molecule has 4 heteroatoms. The van der Waals surface area contributed by atoms with E-state index >= 15 is 0 Å². The lowest BCUT2D eigenvalue weighted by molar-refractivity contribution is -0.127. The quantitative estimate of drug-likeness (QED) is 0.736. The number of ether oxygens (including phenoxy) is 1. The van der Waals surface area contributed by atoms with Gasteiger partial charge in [0, 0.05) is 5.56 Å². The minimum Gasteiger partial charge on any atom is -0.481 e. The van der Waals surface area contributed by atoms with E-state index in [9.17, 15) is 4.79 Å². The number of carbonyl (C=O) groups is 1. The van der Waals surface area contributed by atoms with Crippen LogP contribution in [-0.4, -0.2) is 23.7 Å². The standard InChI is InChI=1S/C13H15NO3/c1-3-8-14-13(16)10(2)17-12-7-5-4-6-11(12)9-15/h1,4-7,10,15H,8-9H2,2H3,(H,14,16). The number of rotatable bonds is 5. The van der Waals surface area contributed by atoms with Gasteiger partial charge in [-0.2, -0.15) is 0 Å². The summed E-state index contributed by atoms with van der Waals surface area (Å²) in [5, 5.41) is 11.6. The molecule has 1 unspecified atom stereocenters. The minimum atomic E-state index is -0.656. The van der Waals surface area contributed by atoms with Crippen LogP contribution in [0.4, 0.5) is 0 Å². The number of amides is 1. The van der Waals surface area contributed by atoms with Gasteiger partial charge in [-0.3, -0.25) is 4.79 Å². The van der Waals surface area contributed by atoms with Gasteiger partial charge >= 0.3 is 0 Å². The summed E-state index contributed by atoms with van der Waals surface area (Å²) in [5.41, 5.74) is 0.643. The lowest BCUT2D eigenvalue weighted by atomic mass is 10.2. The molecule has 1 aromatic carbocycles. The summed E-state index contributed by atoms with van der Waals surface area (Å²) in [5.74, 6) is 2.53. The average molecular weight is 233 g/mol. The molecular formula is C13H15NO3. The molecule has 17 heavy (non-hydrogen) atoms. The number of para-hydroxylation sites is 1. The molecule has 0 bridgehead atoms. The molecule has 0 fully saturated rings. The largest absolute Gasteiger partial charge is 0.481 e. The molecule has 1 atom stereocenters. The Hall–Kier alpha value is -1.99. The molecule has 2 N–H and O–H groups in total. The molecule has 0 aromatic heterocycles. The SMILES string of the molecule is C#CCNC(=O)C(C)Oc1ccccc1CO. The number of hydrogen-bond acceptors (Lipinski definition) is 3. The number of carbonyl (C=O) groups excluding carboxylic acids is 1. The monoisotopic (exact) mass is 233 g/mol.